The smallest absolute Gasteiger partial charge is 0.376 e. The molecule has 0 spiro atoms. The molecule has 8 nitrogen and oxygen atoms in total. The van der Waals surface area contributed by atoms with E-state index in [-0.39, 0.29) is 18.9 Å². The van der Waals surface area contributed by atoms with E-state index in [0.29, 0.717) is 22.6 Å². The molecular formula is C23H24F2N2O6. The lowest BCUT2D eigenvalue weighted by molar-refractivity contribution is -0.180. The molecule has 0 radical (unpaired) electrons. The van der Waals surface area contributed by atoms with Crippen molar-refractivity contribution in [1.82, 2.24) is 5.64 Å². The van der Waals surface area contributed by atoms with Crippen molar-refractivity contribution >= 4 is 23.8 Å². The first-order chi connectivity index (χ1) is 15.9. The molecule has 33 heavy (non-hydrogen) atoms. The Morgan fingerprint density at radius 1 is 0.939 bits per heavy atom. The number of carbonyl (C=O) groups excluding carboxylic acids is 1. The molecular weight excluding hydrogens is 438 g/mol. The molecule has 0 aliphatic rings. The zero-order valence-electron chi connectivity index (χ0n) is 18.3. The highest BCUT2D eigenvalue weighted by atomic mass is 19.1. The number of nitrogens with zero attached hydrogens (tertiary/aromatic N) is 1. The van der Waals surface area contributed by atoms with Crippen LogP contribution in [-0.2, 0) is 19.3 Å². The van der Waals surface area contributed by atoms with Crippen molar-refractivity contribution in [3.63, 3.8) is 0 Å². The third-order valence-electron chi connectivity index (χ3n) is 4.02. The molecule has 0 heterocycles. The number of rotatable bonds is 12. The van der Waals surface area contributed by atoms with E-state index in [4.69, 9.17) is 19.1 Å². The van der Waals surface area contributed by atoms with E-state index in [1.54, 1.807) is 24.3 Å². The number of oxime groups is 1. The van der Waals surface area contributed by atoms with Crippen LogP contribution in [0.15, 0.2) is 53.7 Å². The molecule has 0 fully saturated rings. The summed E-state index contributed by atoms with van der Waals surface area (Å²) in [6, 6.07) is 8.23. The maximum absolute atomic E-state index is 13.3. The highest BCUT2D eigenvalue weighted by Gasteiger charge is 2.08. The number of methoxy groups -OCH3 is 2. The SMILES string of the molecule is COc1ccc(F)cc1/C=C/CON=C(C)C(=O)ONOC/C=C/c1cc(F)ccc1OC. The molecule has 0 amide bonds. The number of benzene rings is 2. The lowest BCUT2D eigenvalue weighted by atomic mass is 10.2. The minimum Gasteiger partial charge on any atom is -0.496 e. The molecule has 0 aliphatic heterocycles. The van der Waals surface area contributed by atoms with Crippen molar-refractivity contribution in [1.29, 1.82) is 0 Å². The summed E-state index contributed by atoms with van der Waals surface area (Å²) in [5.41, 5.74) is 3.03. The van der Waals surface area contributed by atoms with Gasteiger partial charge in [-0.15, -0.1) is 0 Å². The predicted molar refractivity (Wildman–Crippen MR) is 118 cm³/mol. The van der Waals surface area contributed by atoms with Gasteiger partial charge in [-0.3, -0.25) is 4.84 Å². The van der Waals surface area contributed by atoms with Crippen LogP contribution in [0.5, 0.6) is 11.5 Å². The Morgan fingerprint density at radius 2 is 1.48 bits per heavy atom. The van der Waals surface area contributed by atoms with E-state index in [1.807, 2.05) is 5.64 Å². The molecule has 0 aliphatic carbocycles. The van der Waals surface area contributed by atoms with Gasteiger partial charge in [0.05, 0.1) is 20.8 Å². The number of carbonyl (C=O) groups is 1. The second kappa shape index (κ2) is 13.6. The average Bonchev–Trinajstić information content (AvgIpc) is 2.81. The molecule has 176 valence electrons. The monoisotopic (exact) mass is 462 g/mol. The Balaban J connectivity index is 1.70. The Hall–Kier alpha value is -3.76. The van der Waals surface area contributed by atoms with Crippen LogP contribution in [0, 0.1) is 11.6 Å². The van der Waals surface area contributed by atoms with Gasteiger partial charge in [0.1, 0.15) is 29.7 Å². The zero-order valence-corrected chi connectivity index (χ0v) is 18.3. The van der Waals surface area contributed by atoms with Crippen LogP contribution in [0.4, 0.5) is 8.78 Å². The predicted octanol–water partition coefficient (Wildman–Crippen LogP) is 4.08. The molecule has 0 aromatic heterocycles. The number of nitrogens with one attached hydrogen (secondary N) is 1. The van der Waals surface area contributed by atoms with Crippen molar-refractivity contribution in [2.75, 3.05) is 27.4 Å². The Kier molecular flexibility index (Phi) is 10.5. The molecule has 0 unspecified atom stereocenters. The summed E-state index contributed by atoms with van der Waals surface area (Å²) < 4.78 is 36.9. The summed E-state index contributed by atoms with van der Waals surface area (Å²) >= 11 is 0. The van der Waals surface area contributed by atoms with Gasteiger partial charge in [0.2, 0.25) is 0 Å². The summed E-state index contributed by atoms with van der Waals surface area (Å²) in [6.45, 7) is 1.44. The van der Waals surface area contributed by atoms with Gasteiger partial charge in [0.25, 0.3) is 0 Å². The number of ether oxygens (including phenoxy) is 2. The van der Waals surface area contributed by atoms with Gasteiger partial charge in [-0.2, -0.15) is 0 Å². The van der Waals surface area contributed by atoms with Crippen LogP contribution < -0.4 is 15.1 Å². The normalized spacial score (nSPS) is 11.7. The molecule has 2 aromatic rings. The lowest BCUT2D eigenvalue weighted by Crippen LogP contribution is -2.25. The summed E-state index contributed by atoms with van der Waals surface area (Å²) in [6.07, 6.45) is 6.36. The first-order valence-electron chi connectivity index (χ1n) is 9.69. The van der Waals surface area contributed by atoms with Crippen LogP contribution in [0.2, 0.25) is 0 Å². The molecule has 0 saturated carbocycles. The molecule has 10 heteroatoms. The largest absolute Gasteiger partial charge is 0.496 e. The second-order valence-corrected chi connectivity index (χ2v) is 6.33. The number of hydrogen-bond acceptors (Lipinski definition) is 8. The van der Waals surface area contributed by atoms with Gasteiger partial charge in [-0.05, 0) is 55.0 Å². The standard InChI is InChI=1S/C23H24F2N2O6/c1-16(26-31-12-4-6-17-14-19(24)8-10-21(17)29-2)23(28)33-27-32-13-5-7-18-15-20(25)9-11-22(18)30-3/h4-11,14-15,27H,12-13H2,1-3H3/b6-4+,7-5+,26-16?. The van der Waals surface area contributed by atoms with E-state index in [2.05, 4.69) is 9.99 Å². The zero-order chi connectivity index (χ0) is 24.1. The number of halogens is 2. The van der Waals surface area contributed by atoms with E-state index in [0.717, 1.165) is 0 Å². The maximum atomic E-state index is 13.3. The highest BCUT2D eigenvalue weighted by Crippen LogP contribution is 2.21. The molecule has 0 atom stereocenters. The Morgan fingerprint density at radius 3 is 2.03 bits per heavy atom. The van der Waals surface area contributed by atoms with Gasteiger partial charge in [0.15, 0.2) is 5.71 Å². The minimum atomic E-state index is -0.818. The van der Waals surface area contributed by atoms with E-state index in [9.17, 15) is 13.6 Å². The highest BCUT2D eigenvalue weighted by molar-refractivity contribution is 6.35. The number of hydrogen-bond donors (Lipinski definition) is 1. The summed E-state index contributed by atoms with van der Waals surface area (Å²) in [5, 5.41) is 3.62. The van der Waals surface area contributed by atoms with Crippen molar-refractivity contribution < 1.29 is 37.6 Å². The topological polar surface area (TPSA) is 87.6 Å². The van der Waals surface area contributed by atoms with Crippen LogP contribution in [0.25, 0.3) is 12.2 Å². The Labute approximate surface area is 189 Å². The van der Waals surface area contributed by atoms with Crippen molar-refractivity contribution in [2.24, 2.45) is 5.16 Å². The van der Waals surface area contributed by atoms with Crippen molar-refractivity contribution in [3.8, 4) is 11.5 Å². The van der Waals surface area contributed by atoms with E-state index >= 15 is 0 Å². The average molecular weight is 462 g/mol. The van der Waals surface area contributed by atoms with Crippen LogP contribution >= 0.6 is 0 Å². The van der Waals surface area contributed by atoms with Gasteiger partial charge >= 0.3 is 5.97 Å². The minimum absolute atomic E-state index is 0.0218. The molecule has 1 N–H and O–H groups in total. The molecule has 2 rings (SSSR count). The fourth-order valence-corrected chi connectivity index (χ4v) is 2.46. The first kappa shape index (κ1) is 25.5. The van der Waals surface area contributed by atoms with Crippen molar-refractivity contribution in [2.45, 2.75) is 6.92 Å². The first-order valence-corrected chi connectivity index (χ1v) is 9.69. The van der Waals surface area contributed by atoms with Gasteiger partial charge in [-0.25, -0.2) is 13.6 Å². The van der Waals surface area contributed by atoms with Crippen molar-refractivity contribution in [3.05, 3.63) is 71.3 Å². The quantitative estimate of drug-likeness (QED) is 0.289. The van der Waals surface area contributed by atoms with Gasteiger partial charge in [0, 0.05) is 11.1 Å². The van der Waals surface area contributed by atoms with Gasteiger partial charge < -0.3 is 19.1 Å². The van der Waals surface area contributed by atoms with Crippen LogP contribution in [0.1, 0.15) is 18.1 Å². The fourth-order valence-electron chi connectivity index (χ4n) is 2.46. The third kappa shape index (κ3) is 8.71. The maximum Gasteiger partial charge on any atom is 0.376 e. The summed E-state index contributed by atoms with van der Waals surface area (Å²) in [7, 11) is 2.96. The fraction of sp³-hybridized carbons (Fsp3) is 0.217. The Bertz CT molecular complexity index is 1020. The van der Waals surface area contributed by atoms with Crippen LogP contribution in [0.3, 0.4) is 0 Å². The van der Waals surface area contributed by atoms with E-state index in [1.165, 1.54) is 57.5 Å². The third-order valence-corrected chi connectivity index (χ3v) is 4.02. The summed E-state index contributed by atoms with van der Waals surface area (Å²) in [4.78, 5) is 26.4. The van der Waals surface area contributed by atoms with Crippen LogP contribution in [-0.4, -0.2) is 39.1 Å². The molecule has 0 saturated heterocycles. The van der Waals surface area contributed by atoms with Gasteiger partial charge in [-0.1, -0.05) is 23.4 Å². The van der Waals surface area contributed by atoms with E-state index < -0.39 is 17.6 Å². The second-order valence-electron chi connectivity index (χ2n) is 6.33. The molecule has 2 aromatic carbocycles. The summed E-state index contributed by atoms with van der Waals surface area (Å²) in [5.74, 6) is -0.603. The lowest BCUT2D eigenvalue weighted by Gasteiger charge is -2.05. The molecule has 0 bridgehead atoms.